The minimum atomic E-state index is -3.49. The van der Waals surface area contributed by atoms with Gasteiger partial charge in [-0.05, 0) is 36.2 Å². The molecule has 0 saturated carbocycles. The maximum atomic E-state index is 12.4. The van der Waals surface area contributed by atoms with E-state index in [2.05, 4.69) is 0 Å². The fourth-order valence-corrected chi connectivity index (χ4v) is 3.50. The Labute approximate surface area is 118 Å². The molecular formula is C15H16O4S. The van der Waals surface area contributed by atoms with Crippen LogP contribution in [0.25, 0.3) is 10.8 Å². The fourth-order valence-electron chi connectivity index (χ4n) is 2.06. The van der Waals surface area contributed by atoms with Gasteiger partial charge in [0.05, 0.1) is 10.1 Å². The zero-order chi connectivity index (χ0) is 14.8. The summed E-state index contributed by atoms with van der Waals surface area (Å²) in [6.45, 7) is 1.55. The maximum absolute atomic E-state index is 12.4. The monoisotopic (exact) mass is 292 g/mol. The molecule has 0 unspecified atom stereocenters. The smallest absolute Gasteiger partial charge is 0.303 e. The Bertz CT molecular complexity index is 734. The zero-order valence-corrected chi connectivity index (χ0v) is 11.9. The molecule has 0 aliphatic rings. The number of hydrogen-bond donors (Lipinski definition) is 1. The third-order valence-electron chi connectivity index (χ3n) is 3.34. The fraction of sp³-hybridized carbons (Fsp3) is 0.267. The van der Waals surface area contributed by atoms with Crippen LogP contribution in [0.3, 0.4) is 0 Å². The SMILES string of the molecule is C[C@H](CCC(=O)O)S(=O)(=O)c1ccc2ccccc2c1. The highest BCUT2D eigenvalue weighted by atomic mass is 32.2. The van der Waals surface area contributed by atoms with Gasteiger partial charge in [-0.15, -0.1) is 0 Å². The average molecular weight is 292 g/mol. The van der Waals surface area contributed by atoms with Crippen molar-refractivity contribution in [3.8, 4) is 0 Å². The van der Waals surface area contributed by atoms with Crippen molar-refractivity contribution in [2.45, 2.75) is 29.9 Å². The first-order chi connectivity index (χ1) is 9.41. The Morgan fingerprint density at radius 3 is 2.45 bits per heavy atom. The molecule has 5 heteroatoms. The van der Waals surface area contributed by atoms with Crippen molar-refractivity contribution in [2.24, 2.45) is 0 Å². The number of rotatable bonds is 5. The maximum Gasteiger partial charge on any atom is 0.303 e. The number of fused-ring (bicyclic) bond motifs is 1. The van der Waals surface area contributed by atoms with E-state index in [9.17, 15) is 13.2 Å². The first-order valence-electron chi connectivity index (χ1n) is 6.36. The van der Waals surface area contributed by atoms with Gasteiger partial charge in [0.15, 0.2) is 9.84 Å². The third kappa shape index (κ3) is 2.99. The Hall–Kier alpha value is -1.88. The van der Waals surface area contributed by atoms with Gasteiger partial charge in [-0.3, -0.25) is 4.79 Å². The van der Waals surface area contributed by atoms with Gasteiger partial charge >= 0.3 is 5.97 Å². The van der Waals surface area contributed by atoms with Crippen LogP contribution in [0, 0.1) is 0 Å². The lowest BCUT2D eigenvalue weighted by molar-refractivity contribution is -0.137. The summed E-state index contributed by atoms with van der Waals surface area (Å²) in [4.78, 5) is 10.8. The molecule has 2 rings (SSSR count). The first kappa shape index (κ1) is 14.5. The number of benzene rings is 2. The minimum absolute atomic E-state index is 0.116. The number of carboxylic acid groups (broad SMARTS) is 1. The van der Waals surface area contributed by atoms with Crippen LogP contribution in [0.1, 0.15) is 19.8 Å². The number of carboxylic acids is 1. The third-order valence-corrected chi connectivity index (χ3v) is 5.55. The van der Waals surface area contributed by atoms with E-state index in [4.69, 9.17) is 5.11 Å². The van der Waals surface area contributed by atoms with Crippen LogP contribution in [0.4, 0.5) is 0 Å². The molecule has 0 heterocycles. The normalized spacial score (nSPS) is 13.2. The van der Waals surface area contributed by atoms with Gasteiger partial charge in [0.25, 0.3) is 0 Å². The van der Waals surface area contributed by atoms with Crippen LogP contribution in [-0.4, -0.2) is 24.7 Å². The molecule has 20 heavy (non-hydrogen) atoms. The summed E-state index contributed by atoms with van der Waals surface area (Å²) in [7, 11) is -3.49. The molecule has 0 aromatic heterocycles. The number of aliphatic carboxylic acids is 1. The van der Waals surface area contributed by atoms with Crippen molar-refractivity contribution in [1.29, 1.82) is 0 Å². The molecule has 106 valence electrons. The highest BCUT2D eigenvalue weighted by Crippen LogP contribution is 2.23. The summed E-state index contributed by atoms with van der Waals surface area (Å²) in [6.07, 6.45) is -0.0293. The summed E-state index contributed by atoms with van der Waals surface area (Å²) >= 11 is 0. The quantitative estimate of drug-likeness (QED) is 0.919. The molecule has 0 fully saturated rings. The minimum Gasteiger partial charge on any atom is -0.481 e. The van der Waals surface area contributed by atoms with Crippen molar-refractivity contribution < 1.29 is 18.3 Å². The second-order valence-electron chi connectivity index (χ2n) is 4.80. The lowest BCUT2D eigenvalue weighted by atomic mass is 10.1. The zero-order valence-electron chi connectivity index (χ0n) is 11.1. The number of carbonyl (C=O) groups is 1. The molecule has 2 aromatic rings. The average Bonchev–Trinajstić information content (AvgIpc) is 2.44. The summed E-state index contributed by atoms with van der Waals surface area (Å²) in [5.41, 5.74) is 0. The van der Waals surface area contributed by atoms with Crippen LogP contribution in [-0.2, 0) is 14.6 Å². The first-order valence-corrected chi connectivity index (χ1v) is 7.90. The Balaban J connectivity index is 2.33. The molecule has 0 aliphatic carbocycles. The molecule has 1 atom stereocenters. The topological polar surface area (TPSA) is 71.4 Å². The van der Waals surface area contributed by atoms with Gasteiger partial charge in [-0.2, -0.15) is 0 Å². The van der Waals surface area contributed by atoms with Crippen LogP contribution < -0.4 is 0 Å². The Morgan fingerprint density at radius 1 is 1.15 bits per heavy atom. The molecule has 4 nitrogen and oxygen atoms in total. The molecule has 0 spiro atoms. The van der Waals surface area contributed by atoms with E-state index in [1.807, 2.05) is 24.3 Å². The lowest BCUT2D eigenvalue weighted by Crippen LogP contribution is -2.19. The van der Waals surface area contributed by atoms with E-state index in [1.165, 1.54) is 0 Å². The second kappa shape index (κ2) is 5.63. The van der Waals surface area contributed by atoms with E-state index in [1.54, 1.807) is 25.1 Å². The molecule has 0 radical (unpaired) electrons. The van der Waals surface area contributed by atoms with Crippen molar-refractivity contribution >= 4 is 26.6 Å². The predicted molar refractivity (Wildman–Crippen MR) is 77.5 cm³/mol. The highest BCUT2D eigenvalue weighted by molar-refractivity contribution is 7.92. The van der Waals surface area contributed by atoms with Crippen LogP contribution in [0.5, 0.6) is 0 Å². The van der Waals surface area contributed by atoms with E-state index >= 15 is 0 Å². The van der Waals surface area contributed by atoms with Crippen LogP contribution in [0.2, 0.25) is 0 Å². The Morgan fingerprint density at radius 2 is 1.80 bits per heavy atom. The van der Waals surface area contributed by atoms with Gasteiger partial charge in [-0.1, -0.05) is 30.3 Å². The number of sulfone groups is 1. The molecule has 1 N–H and O–H groups in total. The molecule has 2 aromatic carbocycles. The van der Waals surface area contributed by atoms with Gasteiger partial charge < -0.3 is 5.11 Å². The highest BCUT2D eigenvalue weighted by Gasteiger charge is 2.23. The van der Waals surface area contributed by atoms with Crippen molar-refractivity contribution in [1.82, 2.24) is 0 Å². The van der Waals surface area contributed by atoms with Gasteiger partial charge in [0, 0.05) is 6.42 Å². The van der Waals surface area contributed by atoms with Gasteiger partial charge in [0.1, 0.15) is 0 Å². The van der Waals surface area contributed by atoms with E-state index in [0.29, 0.717) is 0 Å². The van der Waals surface area contributed by atoms with Crippen molar-refractivity contribution in [3.63, 3.8) is 0 Å². The largest absolute Gasteiger partial charge is 0.481 e. The van der Waals surface area contributed by atoms with E-state index in [0.717, 1.165) is 10.8 Å². The molecule has 0 amide bonds. The molecular weight excluding hydrogens is 276 g/mol. The van der Waals surface area contributed by atoms with Crippen LogP contribution >= 0.6 is 0 Å². The second-order valence-corrected chi connectivity index (χ2v) is 7.16. The van der Waals surface area contributed by atoms with Crippen molar-refractivity contribution in [2.75, 3.05) is 0 Å². The van der Waals surface area contributed by atoms with E-state index < -0.39 is 21.1 Å². The lowest BCUT2D eigenvalue weighted by Gasteiger charge is -2.12. The summed E-state index contributed by atoms with van der Waals surface area (Å²) in [5, 5.41) is 9.77. The summed E-state index contributed by atoms with van der Waals surface area (Å²) < 4.78 is 24.8. The standard InChI is InChI=1S/C15H16O4S/c1-11(6-9-15(16)17)20(18,19)14-8-7-12-4-2-3-5-13(12)10-14/h2-5,7-8,10-11H,6,9H2,1H3,(H,16,17)/t11-/m1/s1. The molecule has 0 saturated heterocycles. The Kier molecular flexibility index (Phi) is 4.09. The van der Waals surface area contributed by atoms with Crippen LogP contribution in [0.15, 0.2) is 47.4 Å². The number of hydrogen-bond acceptors (Lipinski definition) is 3. The molecule has 0 aliphatic heterocycles. The predicted octanol–water partition coefficient (Wildman–Crippen LogP) is 2.87. The van der Waals surface area contributed by atoms with E-state index in [-0.39, 0.29) is 17.7 Å². The summed E-state index contributed by atoms with van der Waals surface area (Å²) in [6, 6.07) is 12.5. The van der Waals surface area contributed by atoms with Gasteiger partial charge in [-0.25, -0.2) is 8.42 Å². The van der Waals surface area contributed by atoms with Crippen molar-refractivity contribution in [3.05, 3.63) is 42.5 Å². The molecule has 0 bridgehead atoms. The summed E-state index contributed by atoms with van der Waals surface area (Å²) in [5.74, 6) is -0.981. The van der Waals surface area contributed by atoms with Gasteiger partial charge in [0.2, 0.25) is 0 Å².